The summed E-state index contributed by atoms with van der Waals surface area (Å²) in [6.07, 6.45) is 15.0. The minimum absolute atomic E-state index is 0.169. The average molecular weight is 545 g/mol. The van der Waals surface area contributed by atoms with E-state index < -0.39 is 11.9 Å². The number of hydrogen-bond donors (Lipinski definition) is 1. The summed E-state index contributed by atoms with van der Waals surface area (Å²) in [4.78, 5) is 25.6. The van der Waals surface area contributed by atoms with Gasteiger partial charge in [0.1, 0.15) is 0 Å². The Morgan fingerprint density at radius 3 is 1.82 bits per heavy atom. The van der Waals surface area contributed by atoms with E-state index in [9.17, 15) is 14.7 Å². The molecule has 1 aromatic carbocycles. The molecule has 1 atom stereocenters. The van der Waals surface area contributed by atoms with Crippen molar-refractivity contribution in [3.63, 3.8) is 0 Å². The third kappa shape index (κ3) is 15.5. The Morgan fingerprint density at radius 1 is 0.769 bits per heavy atom. The van der Waals surface area contributed by atoms with Crippen LogP contribution in [-0.4, -0.2) is 23.7 Å². The molecule has 0 aromatic heterocycles. The fourth-order valence-electron chi connectivity index (χ4n) is 5.63. The Bertz CT molecular complexity index is 847. The van der Waals surface area contributed by atoms with Gasteiger partial charge in [0.25, 0.3) is 0 Å². The van der Waals surface area contributed by atoms with Gasteiger partial charge < -0.3 is 9.84 Å². The SMILES string of the molecule is CC(C)CCCCCCc1ccc(C(=O)OCCC(C)CC(C)(C)C)c(C(=O)O)c1CCCCCCC(C)C. The number of hydrogen-bond acceptors (Lipinski definition) is 3. The van der Waals surface area contributed by atoms with Crippen molar-refractivity contribution in [1.29, 1.82) is 0 Å². The van der Waals surface area contributed by atoms with E-state index >= 15 is 0 Å². The van der Waals surface area contributed by atoms with Gasteiger partial charge in [-0.2, -0.15) is 0 Å². The van der Waals surface area contributed by atoms with Gasteiger partial charge in [0.2, 0.25) is 0 Å². The summed E-state index contributed by atoms with van der Waals surface area (Å²) >= 11 is 0. The Balaban J connectivity index is 2.97. The van der Waals surface area contributed by atoms with Crippen LogP contribution in [0, 0.1) is 23.2 Å². The van der Waals surface area contributed by atoms with E-state index in [1.54, 1.807) is 6.07 Å². The fraction of sp³-hybridized carbons (Fsp3) is 0.771. The molecular weight excluding hydrogens is 484 g/mol. The second-order valence-corrected chi connectivity index (χ2v) is 13.9. The van der Waals surface area contributed by atoms with Gasteiger partial charge in [-0.3, -0.25) is 0 Å². The third-order valence-corrected chi connectivity index (χ3v) is 7.58. The molecule has 4 nitrogen and oxygen atoms in total. The second-order valence-electron chi connectivity index (χ2n) is 13.9. The molecule has 0 amide bonds. The Hall–Kier alpha value is -1.84. The molecule has 1 N–H and O–H groups in total. The van der Waals surface area contributed by atoms with E-state index in [1.165, 1.54) is 38.5 Å². The number of unbranched alkanes of at least 4 members (excludes halogenated alkanes) is 6. The summed E-state index contributed by atoms with van der Waals surface area (Å²) in [6.45, 7) is 18.2. The lowest BCUT2D eigenvalue weighted by molar-refractivity contribution is 0.0468. The molecule has 0 aliphatic rings. The van der Waals surface area contributed by atoms with Crippen LogP contribution in [0.15, 0.2) is 12.1 Å². The highest BCUT2D eigenvalue weighted by molar-refractivity contribution is 6.03. The molecule has 0 radical (unpaired) electrons. The molecule has 0 bridgehead atoms. The summed E-state index contributed by atoms with van der Waals surface area (Å²) < 4.78 is 5.62. The molecule has 1 aromatic rings. The van der Waals surface area contributed by atoms with Crippen LogP contribution in [0.2, 0.25) is 0 Å². The molecule has 0 aliphatic heterocycles. The Kier molecular flexibility index (Phi) is 16.7. The largest absolute Gasteiger partial charge is 0.478 e. The maximum atomic E-state index is 13.1. The smallest absolute Gasteiger partial charge is 0.339 e. The van der Waals surface area contributed by atoms with Gasteiger partial charge >= 0.3 is 11.9 Å². The van der Waals surface area contributed by atoms with Crippen molar-refractivity contribution < 1.29 is 19.4 Å². The van der Waals surface area contributed by atoms with E-state index in [2.05, 4.69) is 55.4 Å². The number of benzene rings is 1. The van der Waals surface area contributed by atoms with Crippen molar-refractivity contribution in [2.24, 2.45) is 23.2 Å². The zero-order chi connectivity index (χ0) is 29.4. The molecule has 0 heterocycles. The minimum Gasteiger partial charge on any atom is -0.478 e. The quantitative estimate of drug-likeness (QED) is 0.131. The van der Waals surface area contributed by atoms with Crippen LogP contribution in [0.5, 0.6) is 0 Å². The second kappa shape index (κ2) is 18.5. The number of esters is 1. The number of carbonyl (C=O) groups excluding carboxylic acids is 1. The molecule has 0 fully saturated rings. The van der Waals surface area contributed by atoms with Crippen LogP contribution >= 0.6 is 0 Å². The number of carboxylic acid groups (broad SMARTS) is 1. The number of carboxylic acids is 1. The molecule has 1 unspecified atom stereocenters. The van der Waals surface area contributed by atoms with Crippen molar-refractivity contribution in [3.8, 4) is 0 Å². The molecule has 1 rings (SSSR count). The predicted molar refractivity (Wildman–Crippen MR) is 165 cm³/mol. The molecule has 0 saturated carbocycles. The first-order valence-electron chi connectivity index (χ1n) is 15.9. The van der Waals surface area contributed by atoms with Gasteiger partial charge in [0, 0.05) is 0 Å². The third-order valence-electron chi connectivity index (χ3n) is 7.58. The van der Waals surface area contributed by atoms with Gasteiger partial charge in [0.15, 0.2) is 0 Å². The van der Waals surface area contributed by atoms with Gasteiger partial charge in [-0.15, -0.1) is 0 Å². The first kappa shape index (κ1) is 35.2. The number of ether oxygens (including phenoxy) is 1. The summed E-state index contributed by atoms with van der Waals surface area (Å²) in [7, 11) is 0. The average Bonchev–Trinajstić information content (AvgIpc) is 2.81. The van der Waals surface area contributed by atoms with E-state index in [-0.39, 0.29) is 16.5 Å². The molecule has 0 spiro atoms. The molecule has 39 heavy (non-hydrogen) atoms. The number of aromatic carboxylic acids is 1. The Labute approximate surface area is 240 Å². The van der Waals surface area contributed by atoms with Crippen molar-refractivity contribution in [2.45, 2.75) is 145 Å². The molecular formula is C35H60O4. The first-order chi connectivity index (χ1) is 18.3. The monoisotopic (exact) mass is 544 g/mol. The van der Waals surface area contributed by atoms with Gasteiger partial charge in [0.05, 0.1) is 17.7 Å². The number of rotatable bonds is 20. The lowest BCUT2D eigenvalue weighted by Gasteiger charge is -2.23. The summed E-state index contributed by atoms with van der Waals surface area (Å²) in [5.74, 6) is 0.371. The van der Waals surface area contributed by atoms with Crippen LogP contribution in [0.25, 0.3) is 0 Å². The maximum Gasteiger partial charge on any atom is 0.339 e. The molecule has 0 saturated heterocycles. The summed E-state index contributed by atoms with van der Waals surface area (Å²) in [6, 6.07) is 3.69. The van der Waals surface area contributed by atoms with E-state index in [4.69, 9.17) is 4.74 Å². The van der Waals surface area contributed by atoms with E-state index in [0.29, 0.717) is 18.9 Å². The zero-order valence-corrected chi connectivity index (χ0v) is 26.7. The maximum absolute atomic E-state index is 13.1. The van der Waals surface area contributed by atoms with E-state index in [1.807, 2.05) is 6.07 Å². The van der Waals surface area contributed by atoms with Gasteiger partial charge in [-0.1, -0.05) is 113 Å². The number of aryl methyl sites for hydroxylation is 1. The summed E-state index contributed by atoms with van der Waals surface area (Å²) in [5.41, 5.74) is 2.55. The summed E-state index contributed by atoms with van der Waals surface area (Å²) in [5, 5.41) is 10.2. The molecule has 0 aliphatic carbocycles. The van der Waals surface area contributed by atoms with Gasteiger partial charge in [-0.05, 0) is 78.9 Å². The van der Waals surface area contributed by atoms with Crippen LogP contribution < -0.4 is 0 Å². The highest BCUT2D eigenvalue weighted by atomic mass is 16.5. The predicted octanol–water partition coefficient (Wildman–Crippen LogP) is 10.3. The van der Waals surface area contributed by atoms with Crippen LogP contribution in [0.3, 0.4) is 0 Å². The van der Waals surface area contributed by atoms with Crippen molar-refractivity contribution in [1.82, 2.24) is 0 Å². The van der Waals surface area contributed by atoms with Crippen molar-refractivity contribution >= 4 is 11.9 Å². The highest BCUT2D eigenvalue weighted by Gasteiger charge is 2.24. The lowest BCUT2D eigenvalue weighted by Crippen LogP contribution is -2.18. The molecule has 4 heteroatoms. The van der Waals surface area contributed by atoms with Crippen LogP contribution in [0.4, 0.5) is 0 Å². The Morgan fingerprint density at radius 2 is 1.31 bits per heavy atom. The normalized spacial score (nSPS) is 12.8. The zero-order valence-electron chi connectivity index (χ0n) is 26.7. The lowest BCUT2D eigenvalue weighted by atomic mass is 9.84. The standard InChI is InChI=1S/C35H60O4/c1-26(2)17-13-9-11-15-19-29-21-22-31(34(38)39-24-23-28(5)25-35(6,7)8)32(33(36)37)30(29)20-16-12-10-14-18-27(3)4/h21-22,26-28H,9-20,23-25H2,1-8H3,(H,36,37). The topological polar surface area (TPSA) is 63.6 Å². The number of carbonyl (C=O) groups is 2. The van der Waals surface area contributed by atoms with Crippen LogP contribution in [-0.2, 0) is 17.6 Å². The van der Waals surface area contributed by atoms with Crippen molar-refractivity contribution in [2.75, 3.05) is 6.61 Å². The minimum atomic E-state index is -1.02. The van der Waals surface area contributed by atoms with Crippen molar-refractivity contribution in [3.05, 3.63) is 34.4 Å². The first-order valence-corrected chi connectivity index (χ1v) is 15.9. The fourth-order valence-corrected chi connectivity index (χ4v) is 5.63. The van der Waals surface area contributed by atoms with Crippen LogP contribution in [0.1, 0.15) is 164 Å². The van der Waals surface area contributed by atoms with E-state index in [0.717, 1.165) is 67.9 Å². The van der Waals surface area contributed by atoms with Gasteiger partial charge in [-0.25, -0.2) is 9.59 Å². The molecule has 224 valence electrons. The highest BCUT2D eigenvalue weighted by Crippen LogP contribution is 2.28.